The average Bonchev–Trinajstić information content (AvgIpc) is 2.76. The first-order valence-electron chi connectivity index (χ1n) is 6.51. The van der Waals surface area contributed by atoms with E-state index in [0.717, 1.165) is 18.8 Å². The fraction of sp³-hybridized carbons (Fsp3) is 0.733. The first kappa shape index (κ1) is 11.9. The Morgan fingerprint density at radius 1 is 1.38 bits per heavy atom. The molecule has 2 aliphatic rings. The third kappa shape index (κ3) is 2.24. The smallest absolute Gasteiger partial charge is 0.0641 e. The van der Waals surface area contributed by atoms with Crippen molar-refractivity contribution in [3.8, 4) is 0 Å². The zero-order valence-corrected chi connectivity index (χ0v) is 10.8. The minimum absolute atomic E-state index is 0.242. The maximum Gasteiger partial charge on any atom is 0.0641 e. The van der Waals surface area contributed by atoms with Gasteiger partial charge in [-0.3, -0.25) is 0 Å². The average molecular weight is 220 g/mol. The second-order valence-corrected chi connectivity index (χ2v) is 6.06. The molecule has 0 aromatic rings. The van der Waals surface area contributed by atoms with Crippen LogP contribution in [0.2, 0.25) is 0 Å². The lowest BCUT2D eigenvalue weighted by Gasteiger charge is -2.06. The van der Waals surface area contributed by atoms with Crippen molar-refractivity contribution < 1.29 is 5.11 Å². The number of hydrogen-bond donors (Lipinski definition) is 1. The number of hydrogen-bond acceptors (Lipinski definition) is 1. The van der Waals surface area contributed by atoms with E-state index in [1.54, 1.807) is 0 Å². The molecule has 90 valence electrons. The second-order valence-electron chi connectivity index (χ2n) is 6.06. The highest BCUT2D eigenvalue weighted by Gasteiger charge is 2.55. The van der Waals surface area contributed by atoms with Gasteiger partial charge in [0.15, 0.2) is 0 Å². The van der Waals surface area contributed by atoms with Crippen LogP contribution >= 0.6 is 0 Å². The van der Waals surface area contributed by atoms with Gasteiger partial charge in [-0.25, -0.2) is 0 Å². The largest absolute Gasteiger partial charge is 0.392 e. The van der Waals surface area contributed by atoms with Crippen molar-refractivity contribution in [3.05, 3.63) is 23.3 Å². The van der Waals surface area contributed by atoms with Crippen LogP contribution in [0.5, 0.6) is 0 Å². The Morgan fingerprint density at radius 3 is 2.81 bits per heavy atom. The summed E-state index contributed by atoms with van der Waals surface area (Å²) in [6.07, 6.45) is 9.41. The number of aliphatic hydroxyl groups excluding tert-OH is 1. The summed E-state index contributed by atoms with van der Waals surface area (Å²) in [7, 11) is 0. The zero-order valence-electron chi connectivity index (χ0n) is 10.8. The van der Waals surface area contributed by atoms with Gasteiger partial charge in [0.1, 0.15) is 0 Å². The summed E-state index contributed by atoms with van der Waals surface area (Å²) in [5, 5.41) is 9.35. The summed E-state index contributed by atoms with van der Waals surface area (Å²) in [6, 6.07) is 0. The number of aliphatic hydroxyl groups is 1. The van der Waals surface area contributed by atoms with Crippen molar-refractivity contribution in [2.24, 2.45) is 17.3 Å². The molecule has 0 aliphatic heterocycles. The molecular formula is C15H24O. The van der Waals surface area contributed by atoms with E-state index in [0.29, 0.717) is 11.3 Å². The number of allylic oxidation sites excluding steroid dienone is 3. The second kappa shape index (κ2) is 4.37. The van der Waals surface area contributed by atoms with Crippen LogP contribution in [-0.4, -0.2) is 11.7 Å². The molecule has 0 saturated heterocycles. The van der Waals surface area contributed by atoms with Crippen molar-refractivity contribution in [1.29, 1.82) is 0 Å². The molecule has 0 amide bonds. The predicted molar refractivity (Wildman–Crippen MR) is 68.2 cm³/mol. The minimum Gasteiger partial charge on any atom is -0.392 e. The van der Waals surface area contributed by atoms with E-state index >= 15 is 0 Å². The third-order valence-corrected chi connectivity index (χ3v) is 4.57. The molecular weight excluding hydrogens is 196 g/mol. The Labute approximate surface area is 99.3 Å². The van der Waals surface area contributed by atoms with Crippen molar-refractivity contribution >= 4 is 0 Å². The summed E-state index contributed by atoms with van der Waals surface area (Å²) < 4.78 is 0. The van der Waals surface area contributed by atoms with Crippen LogP contribution in [-0.2, 0) is 0 Å². The molecule has 16 heavy (non-hydrogen) atoms. The van der Waals surface area contributed by atoms with Gasteiger partial charge >= 0.3 is 0 Å². The minimum atomic E-state index is 0.242. The highest BCUT2D eigenvalue weighted by molar-refractivity contribution is 5.21. The Morgan fingerprint density at radius 2 is 2.12 bits per heavy atom. The number of rotatable bonds is 1. The number of fused-ring (bicyclic) bond motifs is 1. The first-order valence-corrected chi connectivity index (χ1v) is 6.51. The van der Waals surface area contributed by atoms with Crippen molar-refractivity contribution in [2.45, 2.75) is 46.5 Å². The fourth-order valence-corrected chi connectivity index (χ4v) is 3.13. The van der Waals surface area contributed by atoms with Crippen molar-refractivity contribution in [1.82, 2.24) is 0 Å². The normalized spacial score (nSPS) is 40.0. The summed E-state index contributed by atoms with van der Waals surface area (Å²) in [5.74, 6) is 1.54. The van der Waals surface area contributed by atoms with E-state index in [4.69, 9.17) is 0 Å². The third-order valence-electron chi connectivity index (χ3n) is 4.57. The molecule has 0 spiro atoms. The molecule has 0 heterocycles. The van der Waals surface area contributed by atoms with E-state index in [9.17, 15) is 5.11 Å². The Hall–Kier alpha value is -0.560. The van der Waals surface area contributed by atoms with Crippen LogP contribution in [0.1, 0.15) is 46.5 Å². The van der Waals surface area contributed by atoms with Crippen LogP contribution in [0.3, 0.4) is 0 Å². The summed E-state index contributed by atoms with van der Waals surface area (Å²) in [6.45, 7) is 7.22. The zero-order chi connectivity index (χ0) is 11.8. The van der Waals surface area contributed by atoms with Gasteiger partial charge in [0.2, 0.25) is 0 Å². The lowest BCUT2D eigenvalue weighted by atomic mass is 10.0. The van der Waals surface area contributed by atoms with E-state index in [1.165, 1.54) is 24.0 Å². The SMILES string of the molecule is C/C1=C\CC/C(CO)=C\[C@@H]2[C@@H](CC1)C2(C)C. The Bertz CT molecular complexity index is 322. The van der Waals surface area contributed by atoms with Gasteiger partial charge < -0.3 is 5.11 Å². The van der Waals surface area contributed by atoms with Gasteiger partial charge in [0, 0.05) is 0 Å². The van der Waals surface area contributed by atoms with Crippen LogP contribution < -0.4 is 0 Å². The molecule has 1 N–H and O–H groups in total. The molecule has 0 unspecified atom stereocenters. The standard InChI is InChI=1S/C15H24O/c1-11-5-4-6-12(10-16)9-14-13(8-7-11)15(14,2)3/h5,9,13-14,16H,4,6-8,10H2,1-3H3/b11-5+,12-9+/t13-,14-/m1/s1. The molecule has 1 heteroatoms. The molecule has 2 atom stereocenters. The maximum atomic E-state index is 9.35. The maximum absolute atomic E-state index is 9.35. The molecule has 0 bridgehead atoms. The van der Waals surface area contributed by atoms with Gasteiger partial charge in [-0.15, -0.1) is 0 Å². The van der Waals surface area contributed by atoms with Crippen molar-refractivity contribution in [2.75, 3.05) is 6.61 Å². The van der Waals surface area contributed by atoms with Crippen LogP contribution in [0, 0.1) is 17.3 Å². The molecule has 0 aromatic carbocycles. The van der Waals surface area contributed by atoms with Crippen LogP contribution in [0.25, 0.3) is 0 Å². The van der Waals surface area contributed by atoms with E-state index < -0.39 is 0 Å². The topological polar surface area (TPSA) is 20.2 Å². The fourth-order valence-electron chi connectivity index (χ4n) is 3.13. The highest BCUT2D eigenvalue weighted by Crippen LogP contribution is 2.61. The molecule has 2 rings (SSSR count). The summed E-state index contributed by atoms with van der Waals surface area (Å²) in [4.78, 5) is 0. The summed E-state index contributed by atoms with van der Waals surface area (Å²) in [5.41, 5.74) is 3.23. The molecule has 0 radical (unpaired) electrons. The van der Waals surface area contributed by atoms with E-state index in [-0.39, 0.29) is 6.61 Å². The molecule has 2 aliphatic carbocycles. The molecule has 1 nitrogen and oxygen atoms in total. The Balaban J connectivity index is 2.15. The highest BCUT2D eigenvalue weighted by atomic mass is 16.3. The monoisotopic (exact) mass is 220 g/mol. The van der Waals surface area contributed by atoms with Gasteiger partial charge in [0.25, 0.3) is 0 Å². The van der Waals surface area contributed by atoms with Crippen molar-refractivity contribution in [3.63, 3.8) is 0 Å². The quantitative estimate of drug-likeness (QED) is 0.668. The van der Waals surface area contributed by atoms with E-state index in [1.807, 2.05) is 0 Å². The van der Waals surface area contributed by atoms with Gasteiger partial charge in [0.05, 0.1) is 6.61 Å². The Kier molecular flexibility index (Phi) is 3.25. The lowest BCUT2D eigenvalue weighted by Crippen LogP contribution is -1.94. The first-order chi connectivity index (χ1) is 7.55. The lowest BCUT2D eigenvalue weighted by molar-refractivity contribution is 0.325. The molecule has 0 aromatic heterocycles. The van der Waals surface area contributed by atoms with Gasteiger partial charge in [-0.05, 0) is 55.4 Å². The van der Waals surface area contributed by atoms with E-state index in [2.05, 4.69) is 32.9 Å². The molecule has 1 saturated carbocycles. The van der Waals surface area contributed by atoms with Crippen LogP contribution in [0.15, 0.2) is 23.3 Å². The van der Waals surface area contributed by atoms with Crippen LogP contribution in [0.4, 0.5) is 0 Å². The predicted octanol–water partition coefficient (Wildman–Crippen LogP) is 3.70. The van der Waals surface area contributed by atoms with Gasteiger partial charge in [-0.2, -0.15) is 0 Å². The molecule has 1 fully saturated rings. The summed E-state index contributed by atoms with van der Waals surface area (Å²) >= 11 is 0. The van der Waals surface area contributed by atoms with Gasteiger partial charge in [-0.1, -0.05) is 31.6 Å².